The Morgan fingerprint density at radius 3 is 2.73 bits per heavy atom. The van der Waals surface area contributed by atoms with Crippen molar-refractivity contribution >= 4 is 22.6 Å². The molecular formula is C9H7N3O3. The summed E-state index contributed by atoms with van der Waals surface area (Å²) >= 11 is 0. The van der Waals surface area contributed by atoms with Crippen LogP contribution >= 0.6 is 0 Å². The summed E-state index contributed by atoms with van der Waals surface area (Å²) in [5, 5.41) is 25.5. The molecule has 0 spiro atoms. The average Bonchev–Trinajstić information content (AvgIpc) is 2.17. The van der Waals surface area contributed by atoms with Crippen molar-refractivity contribution in [1.82, 2.24) is 10.2 Å². The van der Waals surface area contributed by atoms with E-state index >= 15 is 0 Å². The number of rotatable bonds is 1. The number of phenolic OH excluding ortho intramolecular Hbond substituents is 1. The van der Waals surface area contributed by atoms with Gasteiger partial charge in [0.15, 0.2) is 5.69 Å². The minimum absolute atomic E-state index is 0.0271. The number of nitrogen functional groups attached to an aromatic ring is 1. The van der Waals surface area contributed by atoms with Crippen LogP contribution in [0.25, 0.3) is 10.9 Å². The zero-order chi connectivity index (χ0) is 11.0. The topological polar surface area (TPSA) is 109 Å². The quantitative estimate of drug-likeness (QED) is 0.629. The molecule has 0 radical (unpaired) electrons. The number of aromatic carboxylic acids is 1. The number of hydrogen-bond acceptors (Lipinski definition) is 5. The zero-order valence-corrected chi connectivity index (χ0v) is 7.51. The van der Waals surface area contributed by atoms with Crippen LogP contribution in [0.2, 0.25) is 0 Å². The van der Waals surface area contributed by atoms with Gasteiger partial charge >= 0.3 is 5.97 Å². The van der Waals surface area contributed by atoms with Crippen molar-refractivity contribution in [3.8, 4) is 5.75 Å². The molecule has 0 saturated carbocycles. The van der Waals surface area contributed by atoms with Crippen molar-refractivity contribution in [2.75, 3.05) is 5.73 Å². The zero-order valence-electron chi connectivity index (χ0n) is 7.51. The van der Waals surface area contributed by atoms with Gasteiger partial charge in [-0.3, -0.25) is 0 Å². The van der Waals surface area contributed by atoms with Crippen molar-refractivity contribution < 1.29 is 15.0 Å². The molecule has 2 aromatic rings. The summed E-state index contributed by atoms with van der Waals surface area (Å²) in [5.74, 6) is -1.20. The third-order valence-corrected chi connectivity index (χ3v) is 1.99. The highest BCUT2D eigenvalue weighted by Crippen LogP contribution is 2.24. The minimum Gasteiger partial charge on any atom is -0.508 e. The van der Waals surface area contributed by atoms with Gasteiger partial charge in [-0.25, -0.2) is 4.79 Å². The van der Waals surface area contributed by atoms with E-state index in [1.807, 2.05) is 0 Å². The lowest BCUT2D eigenvalue weighted by Crippen LogP contribution is -2.07. The second-order valence-corrected chi connectivity index (χ2v) is 2.97. The number of carbonyl (C=O) groups is 1. The van der Waals surface area contributed by atoms with Gasteiger partial charge in [0.05, 0.1) is 11.2 Å². The van der Waals surface area contributed by atoms with Crippen molar-refractivity contribution in [2.45, 2.75) is 0 Å². The highest BCUT2D eigenvalue weighted by atomic mass is 16.4. The second kappa shape index (κ2) is 3.09. The first kappa shape index (κ1) is 9.20. The lowest BCUT2D eigenvalue weighted by Gasteiger charge is -2.03. The van der Waals surface area contributed by atoms with Crippen LogP contribution in [0.1, 0.15) is 10.5 Å². The molecule has 6 heteroatoms. The summed E-state index contributed by atoms with van der Waals surface area (Å²) in [6.45, 7) is 0. The maximum atomic E-state index is 10.7. The lowest BCUT2D eigenvalue weighted by atomic mass is 10.1. The van der Waals surface area contributed by atoms with Gasteiger partial charge in [0.1, 0.15) is 5.75 Å². The molecule has 1 aromatic carbocycles. The normalized spacial score (nSPS) is 10.4. The van der Waals surface area contributed by atoms with E-state index in [1.54, 1.807) is 0 Å². The van der Waals surface area contributed by atoms with Gasteiger partial charge < -0.3 is 15.9 Å². The molecule has 1 heterocycles. The number of aromatic hydroxyl groups is 1. The number of benzene rings is 1. The maximum Gasteiger partial charge on any atom is 0.358 e. The summed E-state index contributed by atoms with van der Waals surface area (Å²) < 4.78 is 0. The predicted molar refractivity (Wildman–Crippen MR) is 52.6 cm³/mol. The molecule has 0 saturated heterocycles. The third-order valence-electron chi connectivity index (χ3n) is 1.99. The summed E-state index contributed by atoms with van der Waals surface area (Å²) in [6.07, 6.45) is 0. The second-order valence-electron chi connectivity index (χ2n) is 2.97. The number of fused-ring (bicyclic) bond motifs is 1. The van der Waals surface area contributed by atoms with E-state index in [-0.39, 0.29) is 17.1 Å². The fourth-order valence-electron chi connectivity index (χ4n) is 1.27. The monoisotopic (exact) mass is 205 g/mol. The van der Waals surface area contributed by atoms with E-state index in [1.165, 1.54) is 18.2 Å². The number of carboxylic acid groups (broad SMARTS) is 1. The molecule has 0 aliphatic rings. The van der Waals surface area contributed by atoms with Crippen molar-refractivity contribution in [3.05, 3.63) is 23.9 Å². The van der Waals surface area contributed by atoms with Crippen molar-refractivity contribution in [2.24, 2.45) is 0 Å². The van der Waals surface area contributed by atoms with Gasteiger partial charge in [-0.2, -0.15) is 0 Å². The Bertz CT molecular complexity index is 554. The molecule has 15 heavy (non-hydrogen) atoms. The Morgan fingerprint density at radius 2 is 2.07 bits per heavy atom. The molecule has 0 aliphatic heterocycles. The van der Waals surface area contributed by atoms with E-state index in [9.17, 15) is 9.90 Å². The number of aromatic nitrogens is 2. The Kier molecular flexibility index (Phi) is 1.89. The first-order chi connectivity index (χ1) is 7.09. The van der Waals surface area contributed by atoms with E-state index in [0.29, 0.717) is 10.9 Å². The van der Waals surface area contributed by atoms with Gasteiger partial charge in [-0.05, 0) is 12.1 Å². The third kappa shape index (κ3) is 1.41. The van der Waals surface area contributed by atoms with Crippen LogP contribution in [0.5, 0.6) is 5.75 Å². The summed E-state index contributed by atoms with van der Waals surface area (Å²) in [7, 11) is 0. The fraction of sp³-hybridized carbons (Fsp3) is 0. The number of anilines is 1. The number of nitrogens with zero attached hydrogens (tertiary/aromatic N) is 2. The fourth-order valence-corrected chi connectivity index (χ4v) is 1.27. The van der Waals surface area contributed by atoms with Crippen LogP contribution in [0, 0.1) is 0 Å². The van der Waals surface area contributed by atoms with E-state index in [2.05, 4.69) is 10.2 Å². The summed E-state index contributed by atoms with van der Waals surface area (Å²) in [4.78, 5) is 10.7. The first-order valence-corrected chi connectivity index (χ1v) is 4.08. The highest BCUT2D eigenvalue weighted by molar-refractivity contribution is 6.01. The summed E-state index contributed by atoms with van der Waals surface area (Å²) in [6, 6.07) is 4.28. The number of hydrogen-bond donors (Lipinski definition) is 3. The molecule has 6 nitrogen and oxygen atoms in total. The number of carboxylic acids is 1. The Labute approximate surface area is 84.0 Å². The molecule has 0 amide bonds. The molecule has 0 fully saturated rings. The van der Waals surface area contributed by atoms with E-state index in [4.69, 9.17) is 10.8 Å². The SMILES string of the molecule is Nc1c(C(=O)O)nnc2cc(O)ccc12. The average molecular weight is 205 g/mol. The standard InChI is InChI=1S/C9H7N3O3/c10-7-5-2-1-4(13)3-6(5)11-12-8(7)9(14)15/h1-3,13H,(H2,10,11)(H,14,15). The predicted octanol–water partition coefficient (Wildman–Crippen LogP) is 0.616. The molecule has 4 N–H and O–H groups in total. The van der Waals surface area contributed by atoms with Gasteiger partial charge in [0.25, 0.3) is 0 Å². The molecule has 0 unspecified atom stereocenters. The molecule has 2 rings (SSSR count). The summed E-state index contributed by atoms with van der Waals surface area (Å²) in [5.41, 5.74) is 5.73. The first-order valence-electron chi connectivity index (χ1n) is 4.08. The Hall–Kier alpha value is -2.37. The number of nitrogens with two attached hydrogens (primary N) is 1. The largest absolute Gasteiger partial charge is 0.508 e. The maximum absolute atomic E-state index is 10.7. The van der Waals surface area contributed by atoms with Gasteiger partial charge in [-0.1, -0.05) is 0 Å². The highest BCUT2D eigenvalue weighted by Gasteiger charge is 2.13. The van der Waals surface area contributed by atoms with Crippen LogP contribution in [-0.2, 0) is 0 Å². The Balaban J connectivity index is 2.80. The molecule has 76 valence electrons. The Morgan fingerprint density at radius 1 is 1.33 bits per heavy atom. The molecule has 0 atom stereocenters. The van der Waals surface area contributed by atoms with Crippen molar-refractivity contribution in [3.63, 3.8) is 0 Å². The molecule has 0 aliphatic carbocycles. The van der Waals surface area contributed by atoms with Crippen molar-refractivity contribution in [1.29, 1.82) is 0 Å². The van der Waals surface area contributed by atoms with Crippen LogP contribution in [-0.4, -0.2) is 26.4 Å². The van der Waals surface area contributed by atoms with E-state index < -0.39 is 5.97 Å². The lowest BCUT2D eigenvalue weighted by molar-refractivity contribution is 0.0691. The van der Waals surface area contributed by atoms with Gasteiger partial charge in [0.2, 0.25) is 0 Å². The van der Waals surface area contributed by atoms with Gasteiger partial charge in [0, 0.05) is 11.5 Å². The van der Waals surface area contributed by atoms with Crippen LogP contribution in [0.4, 0.5) is 5.69 Å². The molecule has 0 bridgehead atoms. The van der Waals surface area contributed by atoms with Crippen LogP contribution in [0.3, 0.4) is 0 Å². The van der Waals surface area contributed by atoms with E-state index in [0.717, 1.165) is 0 Å². The smallest absolute Gasteiger partial charge is 0.358 e. The van der Waals surface area contributed by atoms with Gasteiger partial charge in [-0.15, -0.1) is 10.2 Å². The number of phenols is 1. The van der Waals surface area contributed by atoms with Crippen LogP contribution in [0.15, 0.2) is 18.2 Å². The molecular weight excluding hydrogens is 198 g/mol. The molecule has 1 aromatic heterocycles. The minimum atomic E-state index is -1.23. The van der Waals surface area contributed by atoms with Crippen LogP contribution < -0.4 is 5.73 Å².